The largest absolute Gasteiger partial charge is 0.490 e. The summed E-state index contributed by atoms with van der Waals surface area (Å²) in [5.41, 5.74) is 10.7. The fraction of sp³-hybridized carbons (Fsp3) is 0.520. The number of fused-ring (bicyclic) bond motifs is 1. The maximum atomic E-state index is 13.2. The monoisotopic (exact) mass is 453 g/mol. The summed E-state index contributed by atoms with van der Waals surface area (Å²) in [5, 5.41) is 7.87. The van der Waals surface area contributed by atoms with Crippen molar-refractivity contribution in [2.45, 2.75) is 65.2 Å². The number of amides is 1. The highest BCUT2D eigenvalue weighted by Gasteiger charge is 2.34. The van der Waals surface area contributed by atoms with Gasteiger partial charge in [-0.25, -0.2) is 10.9 Å². The topological polar surface area (TPSA) is 89.4 Å². The number of aryl methyl sites for hydroxylation is 1. The lowest BCUT2D eigenvalue weighted by atomic mass is 9.94. The molecule has 1 amide bonds. The van der Waals surface area contributed by atoms with Crippen LogP contribution in [0.1, 0.15) is 61.3 Å². The van der Waals surface area contributed by atoms with E-state index in [1.807, 2.05) is 35.9 Å². The van der Waals surface area contributed by atoms with Crippen molar-refractivity contribution in [3.8, 4) is 11.5 Å². The fourth-order valence-electron chi connectivity index (χ4n) is 4.69. The zero-order valence-corrected chi connectivity index (χ0v) is 20.0. The van der Waals surface area contributed by atoms with E-state index in [4.69, 9.17) is 9.47 Å². The summed E-state index contributed by atoms with van der Waals surface area (Å²) in [4.78, 5) is 13.2. The van der Waals surface area contributed by atoms with Crippen LogP contribution in [0, 0.1) is 19.8 Å². The molecule has 0 radical (unpaired) electrons. The van der Waals surface area contributed by atoms with Gasteiger partial charge in [-0.1, -0.05) is 26.0 Å². The molecule has 0 spiro atoms. The third kappa shape index (κ3) is 4.91. The molecule has 2 aromatic rings. The summed E-state index contributed by atoms with van der Waals surface area (Å²) in [7, 11) is 0. The molecular formula is C25H35N5O3. The van der Waals surface area contributed by atoms with E-state index in [-0.39, 0.29) is 30.0 Å². The van der Waals surface area contributed by atoms with Gasteiger partial charge in [-0.2, -0.15) is 5.10 Å². The van der Waals surface area contributed by atoms with E-state index in [2.05, 4.69) is 48.6 Å². The lowest BCUT2D eigenvalue weighted by Crippen LogP contribution is -2.45. The minimum absolute atomic E-state index is 0.0230. The molecule has 1 saturated heterocycles. The summed E-state index contributed by atoms with van der Waals surface area (Å²) in [6.45, 7) is 14.1. The molecule has 1 aromatic carbocycles. The van der Waals surface area contributed by atoms with Crippen LogP contribution in [-0.2, 0) is 11.3 Å². The Bertz CT molecular complexity index is 1020. The number of ether oxygens (including phenoxy) is 2. The second kappa shape index (κ2) is 9.97. The third-order valence-corrected chi connectivity index (χ3v) is 6.40. The number of hydrogen-bond donors (Lipinski definition) is 3. The lowest BCUT2D eigenvalue weighted by molar-refractivity contribution is -0.124. The molecule has 1 aromatic heterocycles. The second-order valence-corrected chi connectivity index (χ2v) is 9.17. The van der Waals surface area contributed by atoms with Crippen molar-refractivity contribution in [1.29, 1.82) is 0 Å². The number of hydrogen-bond acceptors (Lipinski definition) is 6. The van der Waals surface area contributed by atoms with Crippen LogP contribution in [-0.4, -0.2) is 34.9 Å². The average molecular weight is 454 g/mol. The van der Waals surface area contributed by atoms with Gasteiger partial charge in [-0.05, 0) is 43.9 Å². The fourth-order valence-corrected chi connectivity index (χ4v) is 4.69. The molecule has 2 aliphatic rings. The van der Waals surface area contributed by atoms with Gasteiger partial charge in [0.1, 0.15) is 6.04 Å². The molecule has 8 nitrogen and oxygen atoms in total. The zero-order chi connectivity index (χ0) is 23.5. The SMILES string of the molecule is C=CCn1nc(C)c(C2CC(C(=O)NC(c3ccc4c(c3)OCCCO4)C(C)C)NN2)c1C. The molecule has 3 atom stereocenters. The van der Waals surface area contributed by atoms with Gasteiger partial charge in [0, 0.05) is 17.7 Å². The Morgan fingerprint density at radius 3 is 2.76 bits per heavy atom. The predicted molar refractivity (Wildman–Crippen MR) is 127 cm³/mol. The number of nitrogens with zero attached hydrogens (tertiary/aromatic N) is 2. The molecule has 33 heavy (non-hydrogen) atoms. The number of allylic oxidation sites excluding steroid dienone is 1. The van der Waals surface area contributed by atoms with Gasteiger partial charge in [0.15, 0.2) is 11.5 Å². The first-order valence-electron chi connectivity index (χ1n) is 11.7. The molecule has 2 aliphatic heterocycles. The Balaban J connectivity index is 1.46. The summed E-state index contributed by atoms with van der Waals surface area (Å²) < 4.78 is 13.6. The molecule has 0 bridgehead atoms. The average Bonchev–Trinajstić information content (AvgIpc) is 3.27. The Kier molecular flexibility index (Phi) is 7.05. The maximum Gasteiger partial charge on any atom is 0.239 e. The summed E-state index contributed by atoms with van der Waals surface area (Å²) in [6.07, 6.45) is 3.35. The first kappa shape index (κ1) is 23.3. The maximum absolute atomic E-state index is 13.2. The minimum Gasteiger partial charge on any atom is -0.490 e. The highest BCUT2D eigenvalue weighted by atomic mass is 16.5. The summed E-state index contributed by atoms with van der Waals surface area (Å²) in [6, 6.07) is 5.51. The number of nitrogens with one attached hydrogen (secondary N) is 3. The Morgan fingerprint density at radius 2 is 2.03 bits per heavy atom. The number of carbonyl (C=O) groups is 1. The van der Waals surface area contributed by atoms with Crippen LogP contribution in [0.3, 0.4) is 0 Å². The van der Waals surface area contributed by atoms with Gasteiger partial charge in [0.25, 0.3) is 0 Å². The summed E-state index contributed by atoms with van der Waals surface area (Å²) >= 11 is 0. The summed E-state index contributed by atoms with van der Waals surface area (Å²) in [5.74, 6) is 1.69. The van der Waals surface area contributed by atoms with Crippen molar-refractivity contribution in [2.75, 3.05) is 13.2 Å². The van der Waals surface area contributed by atoms with E-state index in [1.165, 1.54) is 0 Å². The smallest absolute Gasteiger partial charge is 0.239 e. The Morgan fingerprint density at radius 1 is 1.27 bits per heavy atom. The molecule has 3 unspecified atom stereocenters. The third-order valence-electron chi connectivity index (χ3n) is 6.40. The van der Waals surface area contributed by atoms with Crippen LogP contribution in [0.25, 0.3) is 0 Å². The van der Waals surface area contributed by atoms with Gasteiger partial charge in [0.2, 0.25) is 5.91 Å². The van der Waals surface area contributed by atoms with Gasteiger partial charge >= 0.3 is 0 Å². The molecule has 178 valence electrons. The van der Waals surface area contributed by atoms with Crippen molar-refractivity contribution >= 4 is 5.91 Å². The van der Waals surface area contributed by atoms with Crippen LogP contribution >= 0.6 is 0 Å². The minimum atomic E-state index is -0.335. The van der Waals surface area contributed by atoms with Crippen molar-refractivity contribution < 1.29 is 14.3 Å². The number of rotatable bonds is 7. The second-order valence-electron chi connectivity index (χ2n) is 9.17. The number of carbonyl (C=O) groups excluding carboxylic acids is 1. The van der Waals surface area contributed by atoms with Crippen LogP contribution in [0.2, 0.25) is 0 Å². The highest BCUT2D eigenvalue weighted by Crippen LogP contribution is 2.34. The Hall–Kier alpha value is -2.84. The molecule has 3 N–H and O–H groups in total. The van der Waals surface area contributed by atoms with Crippen LogP contribution in [0.15, 0.2) is 30.9 Å². The number of aromatic nitrogens is 2. The first-order valence-corrected chi connectivity index (χ1v) is 11.7. The van der Waals surface area contributed by atoms with Crippen molar-refractivity contribution in [2.24, 2.45) is 5.92 Å². The van der Waals surface area contributed by atoms with E-state index in [9.17, 15) is 4.79 Å². The zero-order valence-electron chi connectivity index (χ0n) is 20.0. The van der Waals surface area contributed by atoms with Gasteiger partial charge in [-0.3, -0.25) is 9.48 Å². The molecule has 0 saturated carbocycles. The van der Waals surface area contributed by atoms with E-state index in [1.54, 1.807) is 0 Å². The molecule has 8 heteroatoms. The Labute approximate surface area is 195 Å². The first-order chi connectivity index (χ1) is 15.9. The normalized spacial score (nSPS) is 21.0. The van der Waals surface area contributed by atoms with Crippen LogP contribution in [0.4, 0.5) is 0 Å². The quantitative estimate of drug-likeness (QED) is 0.558. The molecular weight excluding hydrogens is 418 g/mol. The van der Waals surface area contributed by atoms with E-state index in [0.717, 1.165) is 40.4 Å². The highest BCUT2D eigenvalue weighted by molar-refractivity contribution is 5.82. The molecule has 3 heterocycles. The van der Waals surface area contributed by atoms with Gasteiger partial charge in [-0.15, -0.1) is 6.58 Å². The predicted octanol–water partition coefficient (Wildman–Crippen LogP) is 3.27. The van der Waals surface area contributed by atoms with Crippen molar-refractivity contribution in [3.05, 3.63) is 53.4 Å². The van der Waals surface area contributed by atoms with Crippen molar-refractivity contribution in [3.63, 3.8) is 0 Å². The van der Waals surface area contributed by atoms with E-state index in [0.29, 0.717) is 26.2 Å². The van der Waals surface area contributed by atoms with Crippen LogP contribution in [0.5, 0.6) is 11.5 Å². The standard InChI is InChI=1S/C25H35N5O3/c1-6-10-30-17(5)23(16(4)29-30)19-14-20(28-27-19)25(31)26-24(15(2)3)18-8-9-21-22(13-18)33-12-7-11-32-21/h6,8-9,13,15,19-20,24,27-28H,1,7,10-12,14H2,2-5H3,(H,26,31). The molecule has 4 rings (SSSR count). The van der Waals surface area contributed by atoms with E-state index >= 15 is 0 Å². The van der Waals surface area contributed by atoms with Gasteiger partial charge in [0.05, 0.1) is 37.5 Å². The van der Waals surface area contributed by atoms with E-state index < -0.39 is 0 Å². The number of hydrazine groups is 1. The lowest BCUT2D eigenvalue weighted by Gasteiger charge is -2.25. The van der Waals surface area contributed by atoms with Crippen molar-refractivity contribution in [1.82, 2.24) is 25.9 Å². The number of benzene rings is 1. The molecule has 1 fully saturated rings. The molecule has 0 aliphatic carbocycles. The van der Waals surface area contributed by atoms with Gasteiger partial charge < -0.3 is 14.8 Å². The van der Waals surface area contributed by atoms with Crippen LogP contribution < -0.4 is 25.6 Å².